The van der Waals surface area contributed by atoms with Gasteiger partial charge in [-0.05, 0) is 16.7 Å². The van der Waals surface area contributed by atoms with Gasteiger partial charge in [0.15, 0.2) is 17.1 Å². The molecule has 3 aromatic rings. The van der Waals surface area contributed by atoms with Crippen LogP contribution in [0.3, 0.4) is 0 Å². The number of benzene rings is 2. The van der Waals surface area contributed by atoms with Crippen molar-refractivity contribution in [1.29, 1.82) is 0 Å². The first-order valence-electron chi connectivity index (χ1n) is 8.87. The molecule has 154 valence electrons. The van der Waals surface area contributed by atoms with Gasteiger partial charge in [-0.2, -0.15) is 0 Å². The number of carbonyl (C=O) groups excluding carboxylic acids is 1. The lowest BCUT2D eigenvalue weighted by atomic mass is 10.0. The minimum absolute atomic E-state index is 0.0360. The highest BCUT2D eigenvalue weighted by molar-refractivity contribution is 5.96. The first-order valence-corrected chi connectivity index (χ1v) is 8.87. The third-order valence-corrected chi connectivity index (χ3v) is 4.20. The van der Waals surface area contributed by atoms with E-state index >= 15 is 0 Å². The topological polar surface area (TPSA) is 112 Å². The Labute approximate surface area is 170 Å². The number of carboxylic acids is 1. The summed E-state index contributed by atoms with van der Waals surface area (Å²) in [5, 5.41) is 20.6. The van der Waals surface area contributed by atoms with Crippen molar-refractivity contribution < 1.29 is 28.6 Å². The van der Waals surface area contributed by atoms with Gasteiger partial charge in [-0.15, -0.1) is 0 Å². The lowest BCUT2D eigenvalue weighted by molar-refractivity contribution is -0.135. The van der Waals surface area contributed by atoms with Crippen LogP contribution in [0.2, 0.25) is 0 Å². The molecule has 0 fully saturated rings. The van der Waals surface area contributed by atoms with Gasteiger partial charge in [0.2, 0.25) is 0 Å². The molecule has 3 N–H and O–H groups in total. The number of alkyl halides is 2. The summed E-state index contributed by atoms with van der Waals surface area (Å²) in [6.45, 7) is -0.747. The molecule has 1 aromatic heterocycles. The molecule has 7 nitrogen and oxygen atoms in total. The van der Waals surface area contributed by atoms with E-state index in [4.69, 9.17) is 5.11 Å². The van der Waals surface area contributed by atoms with Gasteiger partial charge >= 0.3 is 5.97 Å². The molecular formula is C21H17F2N3O4. The number of rotatable bonds is 7. The number of halogens is 2. The maximum Gasteiger partial charge on any atom is 0.322 e. The largest absolute Gasteiger partial charge is 0.504 e. The molecule has 0 radical (unpaired) electrons. The molecule has 0 unspecified atom stereocenters. The van der Waals surface area contributed by atoms with Gasteiger partial charge in [-0.1, -0.05) is 54.6 Å². The van der Waals surface area contributed by atoms with Crippen LogP contribution in [0.1, 0.15) is 34.0 Å². The summed E-state index contributed by atoms with van der Waals surface area (Å²) < 4.78 is 26.5. The fourth-order valence-corrected chi connectivity index (χ4v) is 2.78. The highest BCUT2D eigenvalue weighted by Gasteiger charge is 2.25. The van der Waals surface area contributed by atoms with Crippen molar-refractivity contribution >= 4 is 11.9 Å². The number of aromatic nitrogens is 2. The SMILES string of the molecule is O=C(O)CNC(=O)c1nc(Cc2ccc(-c3ccccc3)cc2)nc(C(F)F)c1O. The third kappa shape index (κ3) is 4.93. The summed E-state index contributed by atoms with van der Waals surface area (Å²) in [5.41, 5.74) is 1.01. The number of aromatic hydroxyl groups is 1. The molecule has 0 spiro atoms. The molecule has 0 saturated carbocycles. The van der Waals surface area contributed by atoms with Crippen LogP contribution < -0.4 is 5.32 Å². The van der Waals surface area contributed by atoms with Crippen molar-refractivity contribution in [1.82, 2.24) is 15.3 Å². The van der Waals surface area contributed by atoms with E-state index in [-0.39, 0.29) is 12.2 Å². The van der Waals surface area contributed by atoms with Crippen molar-refractivity contribution in [2.45, 2.75) is 12.8 Å². The molecule has 0 saturated heterocycles. The predicted molar refractivity (Wildman–Crippen MR) is 103 cm³/mol. The Morgan fingerprint density at radius 3 is 2.20 bits per heavy atom. The predicted octanol–water partition coefficient (Wildman–Crippen LogP) is 3.19. The zero-order valence-electron chi connectivity index (χ0n) is 15.5. The molecule has 1 amide bonds. The average Bonchev–Trinajstić information content (AvgIpc) is 2.74. The summed E-state index contributed by atoms with van der Waals surface area (Å²) in [7, 11) is 0. The molecule has 0 aliphatic rings. The highest BCUT2D eigenvalue weighted by atomic mass is 19.3. The number of hydrogen-bond donors (Lipinski definition) is 3. The summed E-state index contributed by atoms with van der Waals surface area (Å²) in [5.74, 6) is -3.59. The number of carboxylic acid groups (broad SMARTS) is 1. The van der Waals surface area contributed by atoms with Crippen molar-refractivity contribution in [3.8, 4) is 16.9 Å². The maximum absolute atomic E-state index is 13.3. The second-order valence-corrected chi connectivity index (χ2v) is 6.34. The van der Waals surface area contributed by atoms with Crippen LogP contribution in [0, 0.1) is 0 Å². The summed E-state index contributed by atoms with van der Waals surface area (Å²) >= 11 is 0. The lowest BCUT2D eigenvalue weighted by Crippen LogP contribution is -2.30. The standard InChI is InChI=1S/C21H17F2N3O4/c22-20(23)17-19(29)18(21(30)24-11-16(27)28)26-15(25-17)10-12-6-8-14(9-7-12)13-4-2-1-3-5-13/h1-9,20,29H,10-11H2,(H,24,30)(H,27,28). The summed E-state index contributed by atoms with van der Waals surface area (Å²) in [6.07, 6.45) is -3.10. The Kier molecular flexibility index (Phi) is 6.31. The minimum Gasteiger partial charge on any atom is -0.504 e. The Hall–Kier alpha value is -3.88. The first kappa shape index (κ1) is 20.8. The summed E-state index contributed by atoms with van der Waals surface area (Å²) in [6, 6.07) is 16.9. The fraction of sp³-hybridized carbons (Fsp3) is 0.143. The Morgan fingerprint density at radius 2 is 1.60 bits per heavy atom. The van der Waals surface area contributed by atoms with Crippen molar-refractivity contribution in [3.05, 3.63) is 77.4 Å². The van der Waals surface area contributed by atoms with Crippen LogP contribution in [0.5, 0.6) is 5.75 Å². The number of hydrogen-bond acceptors (Lipinski definition) is 5. The van der Waals surface area contributed by atoms with Crippen LogP contribution in [-0.4, -0.2) is 38.6 Å². The van der Waals surface area contributed by atoms with E-state index in [1.54, 1.807) is 12.1 Å². The number of nitrogens with one attached hydrogen (secondary N) is 1. The molecular weight excluding hydrogens is 396 g/mol. The van der Waals surface area contributed by atoms with E-state index in [1.807, 2.05) is 47.8 Å². The van der Waals surface area contributed by atoms with E-state index in [2.05, 4.69) is 9.97 Å². The zero-order chi connectivity index (χ0) is 21.7. The van der Waals surface area contributed by atoms with E-state index in [0.29, 0.717) is 5.56 Å². The molecule has 9 heteroatoms. The number of carbonyl (C=O) groups is 2. The fourth-order valence-electron chi connectivity index (χ4n) is 2.78. The second-order valence-electron chi connectivity index (χ2n) is 6.34. The smallest absolute Gasteiger partial charge is 0.322 e. The van der Waals surface area contributed by atoms with Crippen molar-refractivity contribution in [2.75, 3.05) is 6.54 Å². The van der Waals surface area contributed by atoms with Gasteiger partial charge in [0, 0.05) is 6.42 Å². The molecule has 0 aliphatic heterocycles. The monoisotopic (exact) mass is 413 g/mol. The van der Waals surface area contributed by atoms with Gasteiger partial charge in [0.25, 0.3) is 12.3 Å². The van der Waals surface area contributed by atoms with Gasteiger partial charge in [-0.3, -0.25) is 9.59 Å². The van der Waals surface area contributed by atoms with Crippen LogP contribution in [-0.2, 0) is 11.2 Å². The number of aliphatic carboxylic acids is 1. The van der Waals surface area contributed by atoms with Crippen LogP contribution in [0.4, 0.5) is 8.78 Å². The van der Waals surface area contributed by atoms with Gasteiger partial charge in [0.05, 0.1) is 0 Å². The van der Waals surface area contributed by atoms with Crippen molar-refractivity contribution in [3.63, 3.8) is 0 Å². The average molecular weight is 413 g/mol. The van der Waals surface area contributed by atoms with Gasteiger partial charge < -0.3 is 15.5 Å². The van der Waals surface area contributed by atoms with E-state index in [0.717, 1.165) is 11.1 Å². The van der Waals surface area contributed by atoms with Crippen LogP contribution >= 0.6 is 0 Å². The molecule has 0 atom stereocenters. The number of amides is 1. The Morgan fingerprint density at radius 1 is 0.967 bits per heavy atom. The molecule has 3 rings (SSSR count). The van der Waals surface area contributed by atoms with Gasteiger partial charge in [-0.25, -0.2) is 18.7 Å². The molecule has 0 bridgehead atoms. The molecule has 0 aliphatic carbocycles. The molecule has 30 heavy (non-hydrogen) atoms. The van der Waals surface area contributed by atoms with Crippen molar-refractivity contribution in [2.24, 2.45) is 0 Å². The normalized spacial score (nSPS) is 10.8. The molecule has 1 heterocycles. The molecule has 2 aromatic carbocycles. The second kappa shape index (κ2) is 9.08. The lowest BCUT2D eigenvalue weighted by Gasteiger charge is -2.11. The highest BCUT2D eigenvalue weighted by Crippen LogP contribution is 2.29. The van der Waals surface area contributed by atoms with E-state index < -0.39 is 42.0 Å². The maximum atomic E-state index is 13.3. The number of nitrogens with zero attached hydrogens (tertiary/aromatic N) is 2. The third-order valence-electron chi connectivity index (χ3n) is 4.20. The van der Waals surface area contributed by atoms with Crippen LogP contribution in [0.25, 0.3) is 11.1 Å². The van der Waals surface area contributed by atoms with E-state index in [9.17, 15) is 23.5 Å². The minimum atomic E-state index is -3.14. The Bertz CT molecular complexity index is 1060. The Balaban J connectivity index is 1.88. The first-order chi connectivity index (χ1) is 14.3. The van der Waals surface area contributed by atoms with E-state index in [1.165, 1.54) is 0 Å². The quantitative estimate of drug-likeness (QED) is 0.548. The summed E-state index contributed by atoms with van der Waals surface area (Å²) in [4.78, 5) is 30.2. The van der Waals surface area contributed by atoms with Crippen LogP contribution in [0.15, 0.2) is 54.6 Å². The zero-order valence-corrected chi connectivity index (χ0v) is 15.5. The van der Waals surface area contributed by atoms with Gasteiger partial charge in [0.1, 0.15) is 12.4 Å².